The molecule has 0 aromatic rings. The van der Waals surface area contributed by atoms with E-state index in [-0.39, 0.29) is 18.5 Å². The maximum Gasteiger partial charge on any atom is 0.305 e. The molecular formula is C80H153NO10. The molecule has 7 atom stereocenters. The summed E-state index contributed by atoms with van der Waals surface area (Å²) in [5, 5.41) is 54.4. The molecule has 1 rings (SSSR count). The Morgan fingerprint density at radius 3 is 1.09 bits per heavy atom. The summed E-state index contributed by atoms with van der Waals surface area (Å²) in [4.78, 5) is 25.1. The van der Waals surface area contributed by atoms with Gasteiger partial charge in [-0.1, -0.05) is 378 Å². The fourth-order valence-corrected chi connectivity index (χ4v) is 13.0. The molecule has 1 saturated heterocycles. The molecule has 0 aromatic heterocycles. The van der Waals surface area contributed by atoms with Crippen LogP contribution in [-0.2, 0) is 23.8 Å². The normalized spacial score (nSPS) is 17.6. The number of hydrogen-bond acceptors (Lipinski definition) is 10. The molecule has 11 nitrogen and oxygen atoms in total. The zero-order chi connectivity index (χ0) is 65.8. The second kappa shape index (κ2) is 69.5. The number of allylic oxidation sites excluding steroid dienone is 3. The first-order valence-electron chi connectivity index (χ1n) is 40.1. The molecule has 6 N–H and O–H groups in total. The van der Waals surface area contributed by atoms with Crippen LogP contribution in [0, 0.1) is 0 Å². The van der Waals surface area contributed by atoms with Crippen molar-refractivity contribution in [3.05, 3.63) is 24.3 Å². The number of unbranched alkanes of at least 4 members (excludes halogenated alkanes) is 56. The minimum absolute atomic E-state index is 0.0205. The Bertz CT molecular complexity index is 1560. The maximum absolute atomic E-state index is 13.1. The Morgan fingerprint density at radius 2 is 0.714 bits per heavy atom. The molecule has 1 aliphatic rings. The van der Waals surface area contributed by atoms with Crippen molar-refractivity contribution in [1.82, 2.24) is 5.32 Å². The first-order chi connectivity index (χ1) is 44.7. The van der Waals surface area contributed by atoms with Crippen LogP contribution < -0.4 is 5.32 Å². The van der Waals surface area contributed by atoms with Crippen molar-refractivity contribution in [1.29, 1.82) is 0 Å². The van der Waals surface area contributed by atoms with Crippen molar-refractivity contribution < 1.29 is 49.3 Å². The first kappa shape index (κ1) is 87.2. The lowest BCUT2D eigenvalue weighted by molar-refractivity contribution is -0.302. The zero-order valence-electron chi connectivity index (χ0n) is 60.1. The molecule has 538 valence electrons. The van der Waals surface area contributed by atoms with Crippen LogP contribution in [0.15, 0.2) is 24.3 Å². The van der Waals surface area contributed by atoms with Gasteiger partial charge in [0.05, 0.1) is 32.0 Å². The average Bonchev–Trinajstić information content (AvgIpc) is 1.12. The molecule has 91 heavy (non-hydrogen) atoms. The van der Waals surface area contributed by atoms with Crippen molar-refractivity contribution in [3.63, 3.8) is 0 Å². The third-order valence-electron chi connectivity index (χ3n) is 19.3. The van der Waals surface area contributed by atoms with Gasteiger partial charge in [0.25, 0.3) is 0 Å². The number of ether oxygens (including phenoxy) is 3. The average molecular weight is 1290 g/mol. The van der Waals surface area contributed by atoms with E-state index >= 15 is 0 Å². The van der Waals surface area contributed by atoms with E-state index in [0.717, 1.165) is 51.4 Å². The van der Waals surface area contributed by atoms with Crippen LogP contribution in [0.1, 0.15) is 412 Å². The van der Waals surface area contributed by atoms with Gasteiger partial charge in [-0.15, -0.1) is 0 Å². The smallest absolute Gasteiger partial charge is 0.305 e. The fourth-order valence-electron chi connectivity index (χ4n) is 13.0. The lowest BCUT2D eigenvalue weighted by Gasteiger charge is -2.40. The summed E-state index contributed by atoms with van der Waals surface area (Å²) in [5.41, 5.74) is 0. The van der Waals surface area contributed by atoms with E-state index < -0.39 is 49.5 Å². The van der Waals surface area contributed by atoms with Crippen LogP contribution in [0.3, 0.4) is 0 Å². The predicted molar refractivity (Wildman–Crippen MR) is 384 cm³/mol. The molecule has 0 bridgehead atoms. The van der Waals surface area contributed by atoms with E-state index in [1.165, 1.54) is 334 Å². The molecule has 7 unspecified atom stereocenters. The highest BCUT2D eigenvalue weighted by atomic mass is 16.7. The molecule has 0 spiro atoms. The summed E-state index contributed by atoms with van der Waals surface area (Å²) in [7, 11) is 0. The molecule has 0 radical (unpaired) electrons. The van der Waals surface area contributed by atoms with Gasteiger partial charge in [0.15, 0.2) is 6.29 Å². The summed E-state index contributed by atoms with van der Waals surface area (Å²) in [6, 6.07) is -0.822. The molecule has 1 heterocycles. The third kappa shape index (κ3) is 58.1. The van der Waals surface area contributed by atoms with Gasteiger partial charge >= 0.3 is 5.97 Å². The largest absolute Gasteiger partial charge is 0.466 e. The number of hydrogen-bond donors (Lipinski definition) is 6. The van der Waals surface area contributed by atoms with Gasteiger partial charge in [-0.3, -0.25) is 9.59 Å². The summed E-state index contributed by atoms with van der Waals surface area (Å²) in [6.07, 6.45) is 79.5. The number of aliphatic hydroxyl groups is 5. The first-order valence-corrected chi connectivity index (χ1v) is 40.1. The molecule has 1 aliphatic heterocycles. The van der Waals surface area contributed by atoms with Gasteiger partial charge < -0.3 is 45.1 Å². The fraction of sp³-hybridized carbons (Fsp3) is 0.925. The van der Waals surface area contributed by atoms with E-state index in [0.29, 0.717) is 19.4 Å². The second-order valence-corrected chi connectivity index (χ2v) is 28.1. The van der Waals surface area contributed by atoms with Crippen LogP contribution >= 0.6 is 0 Å². The maximum atomic E-state index is 13.1. The molecule has 11 heteroatoms. The minimum Gasteiger partial charge on any atom is -0.466 e. The second-order valence-electron chi connectivity index (χ2n) is 28.1. The van der Waals surface area contributed by atoms with E-state index in [1.807, 2.05) is 6.08 Å². The van der Waals surface area contributed by atoms with Gasteiger partial charge in [-0.2, -0.15) is 0 Å². The van der Waals surface area contributed by atoms with Gasteiger partial charge in [-0.25, -0.2) is 0 Å². The standard InChI is InChI=1S/C80H153NO10/c1-3-5-7-9-11-13-15-43-48-52-56-60-64-68-76(85)89-69-65-61-57-53-49-45-42-40-38-36-34-32-30-28-26-24-22-20-18-16-17-19-21-23-25-27-29-31-33-35-37-39-41-44-47-51-55-59-63-67-75(84)81-72(71-90-80-79(88)78(87)77(86)74(70-82)91-80)73(83)66-62-58-54-50-46-14-12-10-8-6-4-2/h46,50,62,66,72-74,77-80,82-83,86-88H,3-45,47-49,51-61,63-65,67-71H2,1-2H3,(H,81,84)/b50-46+,66-62+. The lowest BCUT2D eigenvalue weighted by atomic mass is 9.99. The number of esters is 1. The molecule has 1 fully saturated rings. The van der Waals surface area contributed by atoms with Crippen LogP contribution in [0.2, 0.25) is 0 Å². The van der Waals surface area contributed by atoms with E-state index in [1.54, 1.807) is 6.08 Å². The number of carbonyl (C=O) groups is 2. The predicted octanol–water partition coefficient (Wildman–Crippen LogP) is 21.5. The number of aliphatic hydroxyl groups excluding tert-OH is 5. The summed E-state index contributed by atoms with van der Waals surface area (Å²) in [5.74, 6) is -0.164. The van der Waals surface area contributed by atoms with E-state index in [2.05, 4.69) is 31.3 Å². The van der Waals surface area contributed by atoms with Gasteiger partial charge in [-0.05, 0) is 44.9 Å². The van der Waals surface area contributed by atoms with E-state index in [9.17, 15) is 35.1 Å². The van der Waals surface area contributed by atoms with Crippen molar-refractivity contribution in [2.45, 2.75) is 455 Å². The Labute approximate surface area is 562 Å². The summed E-state index contributed by atoms with van der Waals surface area (Å²) < 4.78 is 16.7. The molecule has 0 aromatic carbocycles. The van der Waals surface area contributed by atoms with Crippen LogP contribution in [0.4, 0.5) is 0 Å². The van der Waals surface area contributed by atoms with E-state index in [4.69, 9.17) is 14.2 Å². The van der Waals surface area contributed by atoms with Crippen LogP contribution in [-0.4, -0.2) is 100 Å². The van der Waals surface area contributed by atoms with Gasteiger partial charge in [0.1, 0.15) is 24.4 Å². The topological polar surface area (TPSA) is 175 Å². The Hall–Kier alpha value is -1.86. The summed E-state index contributed by atoms with van der Waals surface area (Å²) >= 11 is 0. The number of carbonyl (C=O) groups excluding carboxylic acids is 2. The van der Waals surface area contributed by atoms with Crippen molar-refractivity contribution in [2.24, 2.45) is 0 Å². The highest BCUT2D eigenvalue weighted by Gasteiger charge is 2.44. The minimum atomic E-state index is -1.57. The van der Waals surface area contributed by atoms with Crippen molar-refractivity contribution >= 4 is 11.9 Å². The molecular weight excluding hydrogens is 1130 g/mol. The number of amides is 1. The Kier molecular flexibility index (Phi) is 66.6. The van der Waals surface area contributed by atoms with Gasteiger partial charge in [0.2, 0.25) is 5.91 Å². The van der Waals surface area contributed by atoms with Gasteiger partial charge in [0, 0.05) is 12.8 Å². The zero-order valence-corrected chi connectivity index (χ0v) is 60.1. The highest BCUT2D eigenvalue weighted by Crippen LogP contribution is 2.24. The van der Waals surface area contributed by atoms with Crippen molar-refractivity contribution in [3.8, 4) is 0 Å². The Morgan fingerprint density at radius 1 is 0.396 bits per heavy atom. The lowest BCUT2D eigenvalue weighted by Crippen LogP contribution is -2.60. The van der Waals surface area contributed by atoms with Crippen LogP contribution in [0.25, 0.3) is 0 Å². The molecule has 0 saturated carbocycles. The number of nitrogens with one attached hydrogen (secondary N) is 1. The van der Waals surface area contributed by atoms with Crippen LogP contribution in [0.5, 0.6) is 0 Å². The molecule has 1 amide bonds. The molecule has 0 aliphatic carbocycles. The SMILES string of the molecule is CCCCCCC/C=C/CC/C=C/C(O)C(COC1OC(CO)C(O)C(O)C1O)NC(=O)CCCCCCCCCCCCCCCCCCCCCCCCCCCCCCCCCCCCCCCCCOC(=O)CCCCCCCCCCCCCCC. The Balaban J connectivity index is 1.86. The highest BCUT2D eigenvalue weighted by molar-refractivity contribution is 5.76. The number of rotatable bonds is 72. The third-order valence-corrected chi connectivity index (χ3v) is 19.3. The van der Waals surface area contributed by atoms with Crippen molar-refractivity contribution in [2.75, 3.05) is 19.8 Å². The monoisotopic (exact) mass is 1290 g/mol. The summed E-state index contributed by atoms with van der Waals surface area (Å²) in [6.45, 7) is 4.36. The quantitative estimate of drug-likeness (QED) is 0.0195.